The number of hydrogen-bond acceptors (Lipinski definition) is 3. The van der Waals surface area contributed by atoms with Crippen molar-refractivity contribution in [3.8, 4) is 39.1 Å². The summed E-state index contributed by atoms with van der Waals surface area (Å²) in [7, 11) is 0. The lowest BCUT2D eigenvalue weighted by Crippen LogP contribution is -2.41. The number of halogens is 3. The molecule has 0 saturated heterocycles. The fraction of sp³-hybridized carbons (Fsp3) is 0.115. The van der Waals surface area contributed by atoms with Crippen molar-refractivity contribution in [2.24, 2.45) is 5.92 Å². The zero-order valence-electron chi connectivity index (χ0n) is 61.5. The molecule has 7 heteroatoms. The van der Waals surface area contributed by atoms with Crippen molar-refractivity contribution in [2.75, 3.05) is 4.90 Å². The van der Waals surface area contributed by atoms with E-state index in [1.54, 1.807) is 12.1 Å². The van der Waals surface area contributed by atoms with Gasteiger partial charge in [-0.25, -0.2) is 0 Å². The van der Waals surface area contributed by atoms with E-state index in [-0.39, 0.29) is 29.8 Å². The predicted octanol–water partition coefficient (Wildman–Crippen LogP) is 28.7. The maximum Gasteiger partial charge on any atom is 0.416 e. The van der Waals surface area contributed by atoms with Gasteiger partial charge in [0.1, 0.15) is 0 Å². The Balaban J connectivity index is 0.629. The molecule has 0 saturated carbocycles. The van der Waals surface area contributed by atoms with Crippen LogP contribution in [0.1, 0.15) is 86.0 Å². The van der Waals surface area contributed by atoms with Crippen molar-refractivity contribution >= 4 is 126 Å². The first kappa shape index (κ1) is 66.0. The van der Waals surface area contributed by atoms with Crippen LogP contribution in [-0.2, 0) is 12.6 Å². The monoisotopic (exact) mass is 1470 g/mol. The van der Waals surface area contributed by atoms with Gasteiger partial charge < -0.3 is 9.47 Å². The number of aryl methyl sites for hydroxylation is 3. The van der Waals surface area contributed by atoms with Crippen LogP contribution in [-0.4, -0.2) is 16.7 Å². The van der Waals surface area contributed by atoms with Crippen molar-refractivity contribution in [3.63, 3.8) is 0 Å². The van der Waals surface area contributed by atoms with Crippen LogP contribution in [0.2, 0.25) is 0 Å². The maximum atomic E-state index is 13.9. The smallest absolute Gasteiger partial charge is 0.357 e. The summed E-state index contributed by atoms with van der Waals surface area (Å²) in [5.41, 5.74) is 28.0. The molecule has 4 aliphatic carbocycles. The SMILES string of the molecule is Cc1cc(C)c(-c2c3ccccc3c(C3=CCC(N4c5ccc(C6=CC(C7C=Cc8c(c9ccccc9n8-c8ccc(-c9c%10ccccc%10c(-c%10ccc(C(F)(F)F)cc%10)c%10ccccc9%10)cc8)C7)=C7Sc8ccccc8C7C6)cc5C5C=C(c6cccc7c6sc6ccccc67)C=CC54)C=C3)c3ccccc23)c(C)c1. The number of thiophene rings is 1. The number of alkyl halides is 3. The van der Waals surface area contributed by atoms with Gasteiger partial charge in [0.15, 0.2) is 0 Å². The van der Waals surface area contributed by atoms with Crippen LogP contribution < -0.4 is 4.90 Å². The van der Waals surface area contributed by atoms with Gasteiger partial charge in [-0.05, 0) is 244 Å². The van der Waals surface area contributed by atoms with Crippen LogP contribution in [0.5, 0.6) is 0 Å². The van der Waals surface area contributed by atoms with E-state index < -0.39 is 11.7 Å². The molecule has 0 radical (unpaired) electrons. The Morgan fingerprint density at radius 3 is 1.69 bits per heavy atom. The summed E-state index contributed by atoms with van der Waals surface area (Å²) in [6.45, 7) is 6.75. The summed E-state index contributed by atoms with van der Waals surface area (Å²) in [6, 6.07) is 95.8. The molecular weight excluding hydrogens is 1400 g/mol. The Labute approximate surface area is 651 Å². The van der Waals surface area contributed by atoms with E-state index in [9.17, 15) is 13.2 Å². The molecule has 5 unspecified atom stereocenters. The first-order valence-corrected chi connectivity index (χ1v) is 40.4. The van der Waals surface area contributed by atoms with Gasteiger partial charge in [-0.2, -0.15) is 13.2 Å². The fourth-order valence-electron chi connectivity index (χ4n) is 20.2. The summed E-state index contributed by atoms with van der Waals surface area (Å²) in [5, 5.41) is 13.1. The molecule has 0 bridgehead atoms. The van der Waals surface area contributed by atoms with Crippen LogP contribution in [0.4, 0.5) is 18.9 Å². The van der Waals surface area contributed by atoms with E-state index >= 15 is 0 Å². The summed E-state index contributed by atoms with van der Waals surface area (Å²) >= 11 is 3.90. The second-order valence-electron chi connectivity index (χ2n) is 31.1. The highest BCUT2D eigenvalue weighted by Crippen LogP contribution is 2.59. The van der Waals surface area contributed by atoms with Gasteiger partial charge in [-0.15, -0.1) is 11.3 Å². The summed E-state index contributed by atoms with van der Waals surface area (Å²) in [4.78, 5) is 5.59. The first-order valence-electron chi connectivity index (χ1n) is 38.8. The van der Waals surface area contributed by atoms with Gasteiger partial charge in [-0.3, -0.25) is 0 Å². The van der Waals surface area contributed by atoms with E-state index in [0.717, 1.165) is 68.7 Å². The second-order valence-corrected chi connectivity index (χ2v) is 33.3. The summed E-state index contributed by atoms with van der Waals surface area (Å²) in [6.07, 6.45) is 20.8. The fourth-order valence-corrected chi connectivity index (χ4v) is 22.8. The van der Waals surface area contributed by atoms with E-state index in [0.29, 0.717) is 0 Å². The number of nitrogens with zero attached hydrogens (tertiary/aromatic N) is 2. The molecule has 2 nitrogen and oxygen atoms in total. The number of benzene rings is 14. The number of rotatable bonds is 9. The van der Waals surface area contributed by atoms with Crippen molar-refractivity contribution in [1.29, 1.82) is 0 Å². The number of hydrogen-bond donors (Lipinski definition) is 0. The molecule has 16 aromatic rings. The minimum Gasteiger partial charge on any atom is -0.357 e. The predicted molar refractivity (Wildman–Crippen MR) is 464 cm³/mol. The highest BCUT2D eigenvalue weighted by Gasteiger charge is 2.43. The summed E-state index contributed by atoms with van der Waals surface area (Å²) in [5.74, 6) is 0.481. The molecular formula is C104H73F3N2S2. The molecule has 6 aliphatic rings. The molecule has 0 spiro atoms. The molecule has 5 atom stereocenters. The van der Waals surface area contributed by atoms with Crippen molar-refractivity contribution < 1.29 is 13.2 Å². The molecule has 111 heavy (non-hydrogen) atoms. The van der Waals surface area contributed by atoms with Crippen LogP contribution in [0, 0.1) is 26.7 Å². The lowest BCUT2D eigenvalue weighted by atomic mass is 9.76. The first-order chi connectivity index (χ1) is 54.4. The van der Waals surface area contributed by atoms with E-state index in [1.807, 2.05) is 35.2 Å². The van der Waals surface area contributed by atoms with Crippen molar-refractivity contribution in [2.45, 2.75) is 75.0 Å². The second kappa shape index (κ2) is 25.5. The summed E-state index contributed by atoms with van der Waals surface area (Å²) < 4.78 is 46.7. The average molecular weight is 1470 g/mol. The normalized spacial score (nSPS) is 18.5. The molecule has 14 aromatic carbocycles. The molecule has 0 N–H and O–H groups in total. The van der Waals surface area contributed by atoms with Gasteiger partial charge in [0, 0.05) is 70.2 Å². The van der Waals surface area contributed by atoms with Gasteiger partial charge in [0.2, 0.25) is 0 Å². The lowest BCUT2D eigenvalue weighted by Gasteiger charge is -2.36. The molecule has 2 aromatic heterocycles. The van der Waals surface area contributed by atoms with Crippen molar-refractivity contribution in [3.05, 3.63) is 387 Å². The third-order valence-corrected chi connectivity index (χ3v) is 27.5. The van der Waals surface area contributed by atoms with Gasteiger partial charge in [0.05, 0.1) is 23.2 Å². The molecule has 532 valence electrons. The molecule has 0 fully saturated rings. The van der Waals surface area contributed by atoms with Crippen LogP contribution >= 0.6 is 23.1 Å². The number of fused-ring (bicyclic) bond motifs is 16. The van der Waals surface area contributed by atoms with Crippen LogP contribution in [0.25, 0.3) is 136 Å². The minimum atomic E-state index is -4.42. The Morgan fingerprint density at radius 1 is 0.459 bits per heavy atom. The molecule has 22 rings (SSSR count). The van der Waals surface area contributed by atoms with E-state index in [2.05, 4.69) is 315 Å². The van der Waals surface area contributed by atoms with Crippen LogP contribution in [0.3, 0.4) is 0 Å². The van der Waals surface area contributed by atoms with E-state index in [4.69, 9.17) is 0 Å². The number of anilines is 1. The third-order valence-electron chi connectivity index (χ3n) is 24.9. The number of aromatic nitrogens is 1. The molecule has 2 aliphatic heterocycles. The number of para-hydroxylation sites is 1. The number of thioether (sulfide) groups is 1. The number of allylic oxidation sites excluding steroid dienone is 9. The maximum absolute atomic E-state index is 13.9. The molecule has 4 heterocycles. The van der Waals surface area contributed by atoms with E-state index in [1.165, 1.54) is 169 Å². The van der Waals surface area contributed by atoms with Gasteiger partial charge in [-0.1, -0.05) is 278 Å². The highest BCUT2D eigenvalue weighted by molar-refractivity contribution is 8.03. The third kappa shape index (κ3) is 10.4. The Hall–Kier alpha value is -12.0. The van der Waals surface area contributed by atoms with Crippen molar-refractivity contribution in [1.82, 2.24) is 4.57 Å². The molecule has 0 amide bonds. The van der Waals surface area contributed by atoms with Crippen LogP contribution in [0.15, 0.2) is 331 Å². The topological polar surface area (TPSA) is 8.17 Å². The minimum absolute atomic E-state index is 0.110. The highest BCUT2D eigenvalue weighted by atomic mass is 32.2. The Morgan fingerprint density at radius 2 is 1.04 bits per heavy atom. The Bertz CT molecular complexity index is 6810. The zero-order chi connectivity index (χ0) is 74.1. The zero-order valence-corrected chi connectivity index (χ0v) is 63.1. The van der Waals surface area contributed by atoms with Gasteiger partial charge in [0.25, 0.3) is 0 Å². The largest absolute Gasteiger partial charge is 0.416 e. The Kier molecular flexibility index (Phi) is 15.2. The average Bonchev–Trinajstić information content (AvgIpc) is 1.71. The lowest BCUT2D eigenvalue weighted by molar-refractivity contribution is -0.137. The standard InChI is InChI=1S/C104H73F3N2S2/c1-60-53-61(2)97(62(3)54-60)101-83-28-10-8-26-81(83)100(82-27-9-11-29-84(82)101)65-39-48-72(49-40-65)109-93-50-41-66(55-88(93)89-56-67(42-51-94(89)109)73-30-18-31-85-75-20-13-16-33-95(75)110-102(73)85)69-58-86(103-90(59-69)76-21-14-17-34-96(76)111-103)68-43-52-92-87(57-68)74-19-12-15-32-91(74)108(92)71-46-37-64(38-47-71)99-79-24-6-4-22-77(79)98(78-23-5-7-25-80(78)99)63-35-44-70(45-36-63)104(105,106)107/h4-48,50-56,58,68,72,89-90,94H,49,57,59H2,1-3H3. The quantitative estimate of drug-likeness (QED) is 0.133. The van der Waals surface area contributed by atoms with Gasteiger partial charge >= 0.3 is 6.18 Å².